The number of imidazole rings is 1. The van der Waals surface area contributed by atoms with Gasteiger partial charge in [-0.1, -0.05) is 24.3 Å². The van der Waals surface area contributed by atoms with E-state index in [1.165, 1.54) is 11.1 Å². The molecule has 7 nitrogen and oxygen atoms in total. The summed E-state index contributed by atoms with van der Waals surface area (Å²) in [4.78, 5) is 4.06. The van der Waals surface area contributed by atoms with Crippen molar-refractivity contribution in [3.05, 3.63) is 84.2 Å². The second-order valence-electron chi connectivity index (χ2n) is 6.08. The van der Waals surface area contributed by atoms with E-state index in [1.807, 2.05) is 48.4 Å². The Bertz CT molecular complexity index is 954. The molecule has 4 aromatic rings. The zero-order valence-corrected chi connectivity index (χ0v) is 14.4. The maximum atomic E-state index is 4.33. The molecule has 4 rings (SSSR count). The Hall–Kier alpha value is -3.48. The van der Waals surface area contributed by atoms with Crippen molar-refractivity contribution < 1.29 is 0 Å². The number of benzene rings is 1. The molecule has 0 aliphatic carbocycles. The molecule has 0 saturated carbocycles. The van der Waals surface area contributed by atoms with Crippen LogP contribution in [0.2, 0.25) is 0 Å². The summed E-state index contributed by atoms with van der Waals surface area (Å²) in [6, 6.07) is 14.2. The van der Waals surface area contributed by atoms with Crippen molar-refractivity contribution in [3.8, 4) is 5.82 Å². The van der Waals surface area contributed by atoms with Gasteiger partial charge in [-0.15, -0.1) is 10.2 Å². The molecule has 0 atom stereocenters. The lowest BCUT2D eigenvalue weighted by Gasteiger charge is -2.07. The van der Waals surface area contributed by atoms with Crippen molar-refractivity contribution in [1.29, 1.82) is 0 Å². The van der Waals surface area contributed by atoms with Gasteiger partial charge >= 0.3 is 0 Å². The van der Waals surface area contributed by atoms with E-state index in [2.05, 4.69) is 49.9 Å². The van der Waals surface area contributed by atoms with E-state index in [0.717, 1.165) is 18.1 Å². The van der Waals surface area contributed by atoms with Crippen LogP contribution in [0.4, 0.5) is 5.82 Å². The van der Waals surface area contributed by atoms with Crippen LogP contribution in [0.1, 0.15) is 16.8 Å². The third kappa shape index (κ3) is 3.77. The lowest BCUT2D eigenvalue weighted by Crippen LogP contribution is -2.05. The second-order valence-corrected chi connectivity index (χ2v) is 6.08. The first-order chi connectivity index (χ1) is 12.8. The molecular formula is C19H19N7. The van der Waals surface area contributed by atoms with E-state index < -0.39 is 0 Å². The fourth-order valence-electron chi connectivity index (χ4n) is 2.63. The van der Waals surface area contributed by atoms with Gasteiger partial charge < -0.3 is 9.88 Å². The lowest BCUT2D eigenvalue weighted by molar-refractivity contribution is 0.796. The van der Waals surface area contributed by atoms with Crippen LogP contribution in [-0.4, -0.2) is 29.5 Å². The topological polar surface area (TPSA) is 73.5 Å². The van der Waals surface area contributed by atoms with Crippen LogP contribution in [0.5, 0.6) is 0 Å². The van der Waals surface area contributed by atoms with Crippen LogP contribution in [0.3, 0.4) is 0 Å². The van der Waals surface area contributed by atoms with E-state index in [-0.39, 0.29) is 0 Å². The van der Waals surface area contributed by atoms with Gasteiger partial charge in [-0.2, -0.15) is 5.10 Å². The molecule has 0 aliphatic rings. The Kier molecular flexibility index (Phi) is 4.42. The van der Waals surface area contributed by atoms with Gasteiger partial charge in [-0.25, -0.2) is 9.67 Å². The van der Waals surface area contributed by atoms with E-state index in [9.17, 15) is 0 Å². The van der Waals surface area contributed by atoms with Crippen molar-refractivity contribution in [2.75, 3.05) is 5.32 Å². The van der Waals surface area contributed by atoms with Crippen molar-refractivity contribution in [1.82, 2.24) is 29.5 Å². The number of anilines is 1. The molecule has 0 bridgehead atoms. The second kappa shape index (κ2) is 7.18. The molecule has 0 amide bonds. The molecule has 0 saturated heterocycles. The van der Waals surface area contributed by atoms with Crippen molar-refractivity contribution in [2.24, 2.45) is 0 Å². The first-order valence-electron chi connectivity index (χ1n) is 8.40. The SMILES string of the molecule is Cc1ccn(-c2ccc(NCc3ccc(Cn4ccnc4)cc3)nn2)n1. The van der Waals surface area contributed by atoms with Gasteiger partial charge in [0.25, 0.3) is 0 Å². The summed E-state index contributed by atoms with van der Waals surface area (Å²) in [5, 5.41) is 16.0. The van der Waals surface area contributed by atoms with Crippen LogP contribution in [0.15, 0.2) is 67.4 Å². The molecule has 130 valence electrons. The minimum Gasteiger partial charge on any atom is -0.365 e. The molecule has 1 N–H and O–H groups in total. The molecule has 0 unspecified atom stereocenters. The van der Waals surface area contributed by atoms with Gasteiger partial charge in [-0.3, -0.25) is 0 Å². The zero-order chi connectivity index (χ0) is 17.8. The standard InChI is InChI=1S/C19H19N7/c1-15-8-10-26(24-15)19-7-6-18(22-23-19)21-12-16-2-4-17(5-3-16)13-25-11-9-20-14-25/h2-11,14H,12-13H2,1H3,(H,21,22). The molecular weight excluding hydrogens is 326 g/mol. The third-order valence-electron chi connectivity index (χ3n) is 4.03. The predicted molar refractivity (Wildman–Crippen MR) is 99.0 cm³/mol. The van der Waals surface area contributed by atoms with Gasteiger partial charge in [0.05, 0.1) is 12.0 Å². The molecule has 1 aromatic carbocycles. The zero-order valence-electron chi connectivity index (χ0n) is 14.4. The van der Waals surface area contributed by atoms with Crippen LogP contribution in [0.25, 0.3) is 5.82 Å². The quantitative estimate of drug-likeness (QED) is 0.582. The first-order valence-corrected chi connectivity index (χ1v) is 8.40. The minimum atomic E-state index is 0.695. The maximum Gasteiger partial charge on any atom is 0.175 e. The van der Waals surface area contributed by atoms with Crippen LogP contribution in [-0.2, 0) is 13.1 Å². The van der Waals surface area contributed by atoms with E-state index >= 15 is 0 Å². The third-order valence-corrected chi connectivity index (χ3v) is 4.03. The normalized spacial score (nSPS) is 10.8. The Morgan fingerprint density at radius 3 is 2.42 bits per heavy atom. The number of nitrogens with zero attached hydrogens (tertiary/aromatic N) is 6. The summed E-state index contributed by atoms with van der Waals surface area (Å²) in [6.07, 6.45) is 7.45. The Morgan fingerprint density at radius 2 is 1.77 bits per heavy atom. The molecule has 0 radical (unpaired) electrons. The minimum absolute atomic E-state index is 0.695. The Balaban J connectivity index is 1.35. The summed E-state index contributed by atoms with van der Waals surface area (Å²) in [6.45, 7) is 3.47. The van der Waals surface area contributed by atoms with Gasteiger partial charge in [0.15, 0.2) is 5.82 Å². The van der Waals surface area contributed by atoms with Crippen molar-refractivity contribution in [3.63, 3.8) is 0 Å². The first kappa shape index (κ1) is 16.0. The molecule has 7 heteroatoms. The summed E-state index contributed by atoms with van der Waals surface area (Å²) in [5.74, 6) is 1.44. The molecule has 26 heavy (non-hydrogen) atoms. The summed E-state index contributed by atoms with van der Waals surface area (Å²) in [5.41, 5.74) is 3.38. The molecule has 0 spiro atoms. The highest BCUT2D eigenvalue weighted by Gasteiger charge is 2.02. The van der Waals surface area contributed by atoms with E-state index in [4.69, 9.17) is 0 Å². The average Bonchev–Trinajstić information content (AvgIpc) is 3.33. The Labute approximate surface area is 151 Å². The highest BCUT2D eigenvalue weighted by atomic mass is 15.3. The number of nitrogens with one attached hydrogen (secondary N) is 1. The highest BCUT2D eigenvalue weighted by Crippen LogP contribution is 2.10. The van der Waals surface area contributed by atoms with Crippen molar-refractivity contribution >= 4 is 5.82 Å². The largest absolute Gasteiger partial charge is 0.365 e. The lowest BCUT2D eigenvalue weighted by atomic mass is 10.1. The summed E-state index contributed by atoms with van der Waals surface area (Å²) < 4.78 is 3.76. The number of aryl methyl sites for hydroxylation is 1. The smallest absolute Gasteiger partial charge is 0.175 e. The van der Waals surface area contributed by atoms with Crippen molar-refractivity contribution in [2.45, 2.75) is 20.0 Å². The van der Waals surface area contributed by atoms with Crippen LogP contribution < -0.4 is 5.32 Å². The fourth-order valence-corrected chi connectivity index (χ4v) is 2.63. The predicted octanol–water partition coefficient (Wildman–Crippen LogP) is 2.83. The van der Waals surface area contributed by atoms with Gasteiger partial charge in [0, 0.05) is 31.7 Å². The number of rotatable bonds is 6. The monoisotopic (exact) mass is 345 g/mol. The number of aromatic nitrogens is 6. The molecule has 3 aromatic heterocycles. The summed E-state index contributed by atoms with van der Waals surface area (Å²) >= 11 is 0. The van der Waals surface area contributed by atoms with Crippen LogP contribution >= 0.6 is 0 Å². The van der Waals surface area contributed by atoms with Gasteiger partial charge in [0.1, 0.15) is 5.82 Å². The Morgan fingerprint density at radius 1 is 0.923 bits per heavy atom. The highest BCUT2D eigenvalue weighted by molar-refractivity contribution is 5.37. The average molecular weight is 345 g/mol. The molecule has 0 aliphatic heterocycles. The van der Waals surface area contributed by atoms with E-state index in [1.54, 1.807) is 10.9 Å². The van der Waals surface area contributed by atoms with Gasteiger partial charge in [0.2, 0.25) is 0 Å². The fraction of sp³-hybridized carbons (Fsp3) is 0.158. The molecule has 3 heterocycles. The van der Waals surface area contributed by atoms with E-state index in [0.29, 0.717) is 12.4 Å². The van der Waals surface area contributed by atoms with Crippen LogP contribution in [0, 0.1) is 6.92 Å². The maximum absolute atomic E-state index is 4.33. The number of hydrogen-bond donors (Lipinski definition) is 1. The summed E-state index contributed by atoms with van der Waals surface area (Å²) in [7, 11) is 0. The van der Waals surface area contributed by atoms with Gasteiger partial charge in [-0.05, 0) is 36.2 Å². The number of hydrogen-bond acceptors (Lipinski definition) is 5. The molecule has 0 fully saturated rings.